The van der Waals surface area contributed by atoms with Crippen LogP contribution in [0.5, 0.6) is 11.6 Å². The van der Waals surface area contributed by atoms with E-state index < -0.39 is 5.97 Å². The first-order chi connectivity index (χ1) is 17.9. The van der Waals surface area contributed by atoms with Crippen molar-refractivity contribution in [2.45, 2.75) is 32.4 Å². The Morgan fingerprint density at radius 1 is 0.865 bits per heavy atom. The second-order valence-corrected chi connectivity index (χ2v) is 9.24. The van der Waals surface area contributed by atoms with E-state index in [2.05, 4.69) is 10.3 Å². The lowest BCUT2D eigenvalue weighted by molar-refractivity contribution is 0.0510. The summed E-state index contributed by atoms with van der Waals surface area (Å²) in [5.74, 6) is 0.412. The van der Waals surface area contributed by atoms with Crippen LogP contribution >= 0.6 is 23.2 Å². The van der Waals surface area contributed by atoms with Crippen LogP contribution in [0.1, 0.15) is 34.1 Å². The molecule has 4 aromatic rings. The van der Waals surface area contributed by atoms with Crippen LogP contribution in [-0.4, -0.2) is 40.8 Å². The summed E-state index contributed by atoms with van der Waals surface area (Å²) in [6.45, 7) is 2.30. The number of hydrogen-bond acceptors (Lipinski definition) is 6. The number of nitrogens with zero attached hydrogens (tertiary/aromatic N) is 3. The highest BCUT2D eigenvalue weighted by atomic mass is 35.5. The number of esters is 1. The van der Waals surface area contributed by atoms with E-state index in [-0.39, 0.29) is 24.3 Å². The van der Waals surface area contributed by atoms with Gasteiger partial charge in [0.1, 0.15) is 11.9 Å². The molecule has 0 bridgehead atoms. The number of rotatable bonds is 11. The van der Waals surface area contributed by atoms with E-state index >= 15 is 0 Å². The zero-order valence-electron chi connectivity index (χ0n) is 20.6. The van der Waals surface area contributed by atoms with Gasteiger partial charge in [0.15, 0.2) is 0 Å². The maximum Gasteiger partial charge on any atom is 0.364 e. The van der Waals surface area contributed by atoms with Crippen molar-refractivity contribution in [1.29, 1.82) is 0 Å². The molecule has 9 heteroatoms. The highest BCUT2D eigenvalue weighted by Gasteiger charge is 2.26. The Balaban J connectivity index is 1.66. The molecule has 7 nitrogen and oxygen atoms in total. The maximum absolute atomic E-state index is 12.7. The predicted octanol–water partition coefficient (Wildman–Crippen LogP) is 6.05. The minimum atomic E-state index is -0.588. The van der Waals surface area contributed by atoms with Gasteiger partial charge in [-0.3, -0.25) is 0 Å². The smallest absolute Gasteiger partial charge is 0.364 e. The first-order valence-electron chi connectivity index (χ1n) is 11.8. The van der Waals surface area contributed by atoms with Gasteiger partial charge in [0.05, 0.1) is 20.3 Å². The van der Waals surface area contributed by atoms with Crippen molar-refractivity contribution in [3.63, 3.8) is 0 Å². The number of methoxy groups -OCH3 is 1. The van der Waals surface area contributed by atoms with E-state index in [4.69, 9.17) is 37.4 Å². The zero-order valence-corrected chi connectivity index (χ0v) is 22.1. The summed E-state index contributed by atoms with van der Waals surface area (Å²) in [6, 6.07) is 22.8. The molecule has 0 unspecified atom stereocenters. The van der Waals surface area contributed by atoms with Gasteiger partial charge in [0, 0.05) is 22.9 Å². The number of aromatic nitrogens is 3. The topological polar surface area (TPSA) is 75.5 Å². The Kier molecular flexibility index (Phi) is 9.04. The molecule has 192 valence electrons. The minimum Gasteiger partial charge on any atom is -0.497 e. The summed E-state index contributed by atoms with van der Waals surface area (Å²) in [6.07, 6.45) is 0.787. The highest BCUT2D eigenvalue weighted by Crippen LogP contribution is 2.24. The number of carbonyl (C=O) groups excluding carboxylic acids is 1. The average Bonchev–Trinajstić information content (AvgIpc) is 3.29. The molecular weight excluding hydrogens is 513 g/mol. The van der Waals surface area contributed by atoms with E-state index in [1.54, 1.807) is 18.7 Å². The third-order valence-electron chi connectivity index (χ3n) is 5.68. The van der Waals surface area contributed by atoms with E-state index in [1.807, 2.05) is 72.8 Å². The molecule has 4 rings (SSSR count). The van der Waals surface area contributed by atoms with Gasteiger partial charge in [0.2, 0.25) is 11.6 Å². The molecule has 0 N–H and O–H groups in total. The van der Waals surface area contributed by atoms with E-state index in [9.17, 15) is 4.79 Å². The molecular formula is C28H27Cl2N3O4. The lowest BCUT2D eigenvalue weighted by atomic mass is 10.0. The molecule has 0 saturated heterocycles. The van der Waals surface area contributed by atoms with Crippen LogP contribution in [0.2, 0.25) is 10.0 Å². The summed E-state index contributed by atoms with van der Waals surface area (Å²) in [4.78, 5) is 12.7. The van der Waals surface area contributed by atoms with Crippen LogP contribution in [-0.2, 0) is 24.1 Å². The number of carbonyl (C=O) groups is 1. The molecule has 1 heterocycles. The lowest BCUT2D eigenvalue weighted by Gasteiger charge is -2.21. The van der Waals surface area contributed by atoms with Crippen LogP contribution in [0.3, 0.4) is 0 Å². The molecule has 1 aromatic heterocycles. The average molecular weight is 540 g/mol. The van der Waals surface area contributed by atoms with Crippen molar-refractivity contribution in [1.82, 2.24) is 15.0 Å². The Bertz CT molecular complexity index is 1260. The number of benzene rings is 3. The molecule has 0 amide bonds. The summed E-state index contributed by atoms with van der Waals surface area (Å²) in [5.41, 5.74) is 3.05. The van der Waals surface area contributed by atoms with Crippen LogP contribution in [0.15, 0.2) is 72.8 Å². The van der Waals surface area contributed by atoms with Crippen LogP contribution in [0.4, 0.5) is 0 Å². The number of halogens is 2. The molecule has 0 atom stereocenters. The highest BCUT2D eigenvalue weighted by molar-refractivity contribution is 6.30. The third kappa shape index (κ3) is 7.24. The van der Waals surface area contributed by atoms with Crippen LogP contribution < -0.4 is 9.47 Å². The Hall–Kier alpha value is -3.55. The maximum atomic E-state index is 12.7. The molecule has 0 saturated carbocycles. The quantitative estimate of drug-likeness (QED) is 0.216. The van der Waals surface area contributed by atoms with Crippen molar-refractivity contribution in [2.24, 2.45) is 0 Å². The van der Waals surface area contributed by atoms with Gasteiger partial charge in [-0.2, -0.15) is 0 Å². The van der Waals surface area contributed by atoms with Crippen molar-refractivity contribution < 1.29 is 19.0 Å². The van der Waals surface area contributed by atoms with E-state index in [0.29, 0.717) is 29.4 Å². The normalized spacial score (nSPS) is 10.9. The fourth-order valence-electron chi connectivity index (χ4n) is 3.84. The molecule has 0 radical (unpaired) electrons. The Labute approximate surface area is 225 Å². The molecule has 0 aliphatic heterocycles. The SMILES string of the molecule is CCOC(=O)c1nnn(Cc2ccc(OC)cc2)c1OC(Cc1ccc(Cl)cc1)Cc1ccc(Cl)cc1. The first kappa shape index (κ1) is 26.5. The van der Waals surface area contributed by atoms with Gasteiger partial charge in [0.25, 0.3) is 0 Å². The van der Waals surface area contributed by atoms with Crippen molar-refractivity contribution in [2.75, 3.05) is 13.7 Å². The number of hydrogen-bond donors (Lipinski definition) is 0. The van der Waals surface area contributed by atoms with Gasteiger partial charge in [-0.1, -0.05) is 64.8 Å². The largest absolute Gasteiger partial charge is 0.497 e. The summed E-state index contributed by atoms with van der Waals surface area (Å²) >= 11 is 12.2. The molecule has 0 fully saturated rings. The first-order valence-corrected chi connectivity index (χ1v) is 12.6. The van der Waals surface area contributed by atoms with Gasteiger partial charge < -0.3 is 14.2 Å². The zero-order chi connectivity index (χ0) is 26.2. The molecule has 0 aliphatic rings. The van der Waals surface area contributed by atoms with E-state index in [1.165, 1.54) is 0 Å². The van der Waals surface area contributed by atoms with Crippen LogP contribution in [0.25, 0.3) is 0 Å². The fraction of sp³-hybridized carbons (Fsp3) is 0.250. The second-order valence-electron chi connectivity index (χ2n) is 8.37. The standard InChI is InChI=1S/C28H27Cl2N3O4/c1-3-36-28(34)26-27(33(32-31-26)18-21-8-14-24(35-2)15-9-21)37-25(16-19-4-10-22(29)11-5-19)17-20-6-12-23(30)13-7-20/h4-15,25H,3,16-18H2,1-2H3. The van der Waals surface area contributed by atoms with Crippen molar-refractivity contribution in [3.05, 3.63) is 105 Å². The third-order valence-corrected chi connectivity index (χ3v) is 6.19. The van der Waals surface area contributed by atoms with Gasteiger partial charge in [-0.25, -0.2) is 9.48 Å². The van der Waals surface area contributed by atoms with E-state index in [0.717, 1.165) is 22.4 Å². The molecule has 0 spiro atoms. The van der Waals surface area contributed by atoms with Crippen molar-refractivity contribution >= 4 is 29.2 Å². The summed E-state index contributed by atoms with van der Waals surface area (Å²) in [7, 11) is 1.62. The lowest BCUT2D eigenvalue weighted by Crippen LogP contribution is -2.25. The second kappa shape index (κ2) is 12.6. The minimum absolute atomic E-state index is 0.0348. The molecule has 0 aliphatic carbocycles. The van der Waals surface area contributed by atoms with Crippen LogP contribution in [0, 0.1) is 0 Å². The van der Waals surface area contributed by atoms with Crippen molar-refractivity contribution in [3.8, 4) is 11.6 Å². The fourth-order valence-corrected chi connectivity index (χ4v) is 4.09. The molecule has 37 heavy (non-hydrogen) atoms. The molecule has 3 aromatic carbocycles. The monoisotopic (exact) mass is 539 g/mol. The predicted molar refractivity (Wildman–Crippen MR) is 143 cm³/mol. The Morgan fingerprint density at radius 2 is 1.41 bits per heavy atom. The summed E-state index contributed by atoms with van der Waals surface area (Å²) in [5, 5.41) is 9.65. The number of ether oxygens (including phenoxy) is 3. The van der Waals surface area contributed by atoms with Gasteiger partial charge >= 0.3 is 5.97 Å². The summed E-state index contributed by atoms with van der Waals surface area (Å²) < 4.78 is 18.6. The van der Waals surface area contributed by atoms with Gasteiger partial charge in [-0.05, 0) is 60.0 Å². The van der Waals surface area contributed by atoms with Gasteiger partial charge in [-0.15, -0.1) is 5.10 Å². The Morgan fingerprint density at radius 3 is 1.92 bits per heavy atom.